The van der Waals surface area contributed by atoms with Gasteiger partial charge in [0.15, 0.2) is 5.82 Å². The Morgan fingerprint density at radius 3 is 2.85 bits per heavy atom. The number of rotatable bonds is 3. The van der Waals surface area contributed by atoms with Gasteiger partial charge in [-0.2, -0.15) is 0 Å². The van der Waals surface area contributed by atoms with Crippen LogP contribution < -0.4 is 5.32 Å². The lowest BCUT2D eigenvalue weighted by atomic mass is 10.1. The number of thiophene rings is 1. The van der Waals surface area contributed by atoms with Crippen molar-refractivity contribution >= 4 is 27.4 Å². The smallest absolute Gasteiger partial charge is 0.164 e. The highest BCUT2D eigenvalue weighted by Gasteiger charge is 2.13. The zero-order chi connectivity index (χ0) is 14.1. The molecule has 0 radical (unpaired) electrons. The second kappa shape index (κ2) is 5.17. The summed E-state index contributed by atoms with van der Waals surface area (Å²) in [5.74, 6) is 1.61. The maximum absolute atomic E-state index is 4.71. The molecule has 3 aromatic heterocycles. The third-order valence-corrected chi connectivity index (χ3v) is 4.48. The Bertz CT molecular complexity index is 764. The number of hydrogen-bond donors (Lipinski definition) is 1. The lowest BCUT2D eigenvalue weighted by Gasteiger charge is -2.07. The fourth-order valence-electron chi connectivity index (χ4n) is 2.15. The van der Waals surface area contributed by atoms with Gasteiger partial charge in [0.25, 0.3) is 0 Å². The summed E-state index contributed by atoms with van der Waals surface area (Å²) < 4.78 is 0. The van der Waals surface area contributed by atoms with Crippen LogP contribution in [0.3, 0.4) is 0 Å². The molecule has 0 unspecified atom stereocenters. The molecule has 0 atom stereocenters. The van der Waals surface area contributed by atoms with Gasteiger partial charge in [-0.1, -0.05) is 6.92 Å². The number of anilines is 1. The molecule has 20 heavy (non-hydrogen) atoms. The van der Waals surface area contributed by atoms with E-state index in [1.54, 1.807) is 17.5 Å². The van der Waals surface area contributed by atoms with Gasteiger partial charge in [-0.3, -0.25) is 4.98 Å². The molecule has 0 aromatic carbocycles. The molecule has 1 N–H and O–H groups in total. The molecule has 3 aromatic rings. The van der Waals surface area contributed by atoms with Crippen molar-refractivity contribution in [2.45, 2.75) is 20.3 Å². The summed E-state index contributed by atoms with van der Waals surface area (Å²) in [6.45, 7) is 4.21. The monoisotopic (exact) mass is 284 g/mol. The summed E-state index contributed by atoms with van der Waals surface area (Å²) >= 11 is 1.73. The van der Waals surface area contributed by atoms with Crippen molar-refractivity contribution in [3.63, 3.8) is 0 Å². The van der Waals surface area contributed by atoms with Crippen molar-refractivity contribution in [2.75, 3.05) is 12.4 Å². The van der Waals surface area contributed by atoms with Crippen LogP contribution in [0.5, 0.6) is 0 Å². The van der Waals surface area contributed by atoms with Gasteiger partial charge < -0.3 is 5.32 Å². The standard InChI is InChI=1S/C15H16N4S/c1-4-10-7-11-13(16-3)18-14(19-15(11)20-10)12-8-17-6-5-9(12)2/h5-8H,4H2,1-3H3,(H,16,18,19). The Morgan fingerprint density at radius 2 is 2.15 bits per heavy atom. The van der Waals surface area contributed by atoms with Gasteiger partial charge in [0.2, 0.25) is 0 Å². The van der Waals surface area contributed by atoms with Crippen molar-refractivity contribution < 1.29 is 0 Å². The molecule has 0 spiro atoms. The second-order valence-corrected chi connectivity index (χ2v) is 5.74. The van der Waals surface area contributed by atoms with E-state index < -0.39 is 0 Å². The van der Waals surface area contributed by atoms with E-state index >= 15 is 0 Å². The summed E-state index contributed by atoms with van der Waals surface area (Å²) in [6, 6.07) is 4.15. The van der Waals surface area contributed by atoms with Crippen LogP contribution in [-0.4, -0.2) is 22.0 Å². The molecule has 102 valence electrons. The largest absolute Gasteiger partial charge is 0.372 e. The normalized spacial score (nSPS) is 10.9. The molecular formula is C15H16N4S. The second-order valence-electron chi connectivity index (χ2n) is 4.62. The number of nitrogens with zero attached hydrogens (tertiary/aromatic N) is 3. The highest BCUT2D eigenvalue weighted by molar-refractivity contribution is 7.18. The molecule has 0 saturated heterocycles. The van der Waals surface area contributed by atoms with Gasteiger partial charge in [-0.05, 0) is 31.0 Å². The van der Waals surface area contributed by atoms with Crippen molar-refractivity contribution in [1.82, 2.24) is 15.0 Å². The Hall–Kier alpha value is -2.01. The third-order valence-electron chi connectivity index (χ3n) is 3.31. The van der Waals surface area contributed by atoms with Crippen LogP contribution in [0.25, 0.3) is 21.6 Å². The minimum absolute atomic E-state index is 0.733. The summed E-state index contributed by atoms with van der Waals surface area (Å²) in [6.07, 6.45) is 4.63. The molecule has 4 nitrogen and oxygen atoms in total. The van der Waals surface area contributed by atoms with Crippen molar-refractivity contribution in [1.29, 1.82) is 0 Å². The Morgan fingerprint density at radius 1 is 1.30 bits per heavy atom. The topological polar surface area (TPSA) is 50.7 Å². The van der Waals surface area contributed by atoms with Gasteiger partial charge in [-0.25, -0.2) is 9.97 Å². The molecule has 0 amide bonds. The summed E-state index contributed by atoms with van der Waals surface area (Å²) in [5, 5.41) is 4.27. The number of nitrogens with one attached hydrogen (secondary N) is 1. The first-order chi connectivity index (χ1) is 9.72. The van der Waals surface area contributed by atoms with Crippen molar-refractivity contribution in [3.05, 3.63) is 35.0 Å². The fourth-order valence-corrected chi connectivity index (χ4v) is 3.12. The van der Waals surface area contributed by atoms with E-state index in [9.17, 15) is 0 Å². The van der Waals surface area contributed by atoms with Gasteiger partial charge in [0, 0.05) is 29.9 Å². The maximum Gasteiger partial charge on any atom is 0.164 e. The van der Waals surface area contributed by atoms with Crippen LogP contribution in [0.4, 0.5) is 5.82 Å². The van der Waals surface area contributed by atoms with Crippen LogP contribution in [0.2, 0.25) is 0 Å². The maximum atomic E-state index is 4.71. The number of pyridine rings is 1. The molecular weight excluding hydrogens is 268 g/mol. The van der Waals surface area contributed by atoms with Crippen molar-refractivity contribution in [3.8, 4) is 11.4 Å². The van der Waals surface area contributed by atoms with E-state index in [4.69, 9.17) is 4.98 Å². The molecule has 3 heterocycles. The SMILES string of the molecule is CCc1cc2c(NC)nc(-c3cnccc3C)nc2s1. The highest BCUT2D eigenvalue weighted by Crippen LogP contribution is 2.31. The lowest BCUT2D eigenvalue weighted by Crippen LogP contribution is -1.98. The molecule has 0 bridgehead atoms. The Balaban J connectivity index is 2.25. The van der Waals surface area contributed by atoms with E-state index in [0.29, 0.717) is 0 Å². The molecule has 3 rings (SSSR count). The van der Waals surface area contributed by atoms with E-state index in [2.05, 4.69) is 35.2 Å². The van der Waals surface area contributed by atoms with Crippen LogP contribution in [0.1, 0.15) is 17.4 Å². The molecule has 0 aliphatic carbocycles. The van der Waals surface area contributed by atoms with Crippen LogP contribution in [-0.2, 0) is 6.42 Å². The summed E-state index contributed by atoms with van der Waals surface area (Å²) in [4.78, 5) is 15.9. The summed E-state index contributed by atoms with van der Waals surface area (Å²) in [5.41, 5.74) is 2.12. The van der Waals surface area contributed by atoms with E-state index in [1.807, 2.05) is 19.3 Å². The quantitative estimate of drug-likeness (QED) is 0.797. The number of aromatic nitrogens is 3. The molecule has 5 heteroatoms. The highest BCUT2D eigenvalue weighted by atomic mass is 32.1. The third kappa shape index (κ3) is 2.14. The molecule has 0 fully saturated rings. The average molecular weight is 284 g/mol. The number of fused-ring (bicyclic) bond motifs is 1. The lowest BCUT2D eigenvalue weighted by molar-refractivity contribution is 1.18. The molecule has 0 aliphatic rings. The number of hydrogen-bond acceptors (Lipinski definition) is 5. The van der Waals surface area contributed by atoms with Crippen LogP contribution >= 0.6 is 11.3 Å². The molecule has 0 aliphatic heterocycles. The average Bonchev–Trinajstić information content (AvgIpc) is 2.89. The van der Waals surface area contributed by atoms with Gasteiger partial charge in [0.05, 0.1) is 5.39 Å². The predicted octanol–water partition coefficient (Wildman–Crippen LogP) is 3.67. The van der Waals surface area contributed by atoms with Crippen molar-refractivity contribution in [2.24, 2.45) is 0 Å². The summed E-state index contributed by atoms with van der Waals surface area (Å²) in [7, 11) is 1.89. The Labute approximate surface area is 121 Å². The Kier molecular flexibility index (Phi) is 3.36. The van der Waals surface area contributed by atoms with Gasteiger partial charge in [-0.15, -0.1) is 11.3 Å². The minimum atomic E-state index is 0.733. The van der Waals surface area contributed by atoms with Crippen LogP contribution in [0, 0.1) is 6.92 Å². The number of aryl methyl sites for hydroxylation is 2. The first-order valence-corrected chi connectivity index (χ1v) is 7.43. The van der Waals surface area contributed by atoms with E-state index in [1.165, 1.54) is 4.88 Å². The molecule has 0 saturated carbocycles. The van der Waals surface area contributed by atoms with Gasteiger partial charge >= 0.3 is 0 Å². The first-order valence-electron chi connectivity index (χ1n) is 6.62. The zero-order valence-corrected chi connectivity index (χ0v) is 12.6. The van der Waals surface area contributed by atoms with E-state index in [-0.39, 0.29) is 0 Å². The zero-order valence-electron chi connectivity index (χ0n) is 11.8. The van der Waals surface area contributed by atoms with E-state index in [0.717, 1.165) is 39.4 Å². The van der Waals surface area contributed by atoms with Crippen LogP contribution in [0.15, 0.2) is 24.5 Å². The van der Waals surface area contributed by atoms with Gasteiger partial charge in [0.1, 0.15) is 10.6 Å². The minimum Gasteiger partial charge on any atom is -0.372 e. The predicted molar refractivity (Wildman–Crippen MR) is 84.3 cm³/mol. The first kappa shape index (κ1) is 13.0. The fraction of sp³-hybridized carbons (Fsp3) is 0.267.